The third-order valence-corrected chi connectivity index (χ3v) is 2.85. The summed E-state index contributed by atoms with van der Waals surface area (Å²) in [6.45, 7) is 7.23. The van der Waals surface area contributed by atoms with Gasteiger partial charge < -0.3 is 14.8 Å². The third-order valence-electron chi connectivity index (χ3n) is 2.85. The Kier molecular flexibility index (Phi) is 9.06. The monoisotopic (exact) mass is 217 g/mol. The first kappa shape index (κ1) is 14.9. The first-order valence-electron chi connectivity index (χ1n) is 5.93. The van der Waals surface area contributed by atoms with Crippen molar-refractivity contribution in [3.05, 3.63) is 0 Å². The van der Waals surface area contributed by atoms with Gasteiger partial charge in [-0.1, -0.05) is 19.8 Å². The van der Waals surface area contributed by atoms with Gasteiger partial charge in [0.15, 0.2) is 0 Å². The van der Waals surface area contributed by atoms with E-state index in [1.807, 2.05) is 0 Å². The Morgan fingerprint density at radius 3 is 2.33 bits per heavy atom. The molecule has 0 saturated heterocycles. The van der Waals surface area contributed by atoms with Gasteiger partial charge in [0.25, 0.3) is 0 Å². The minimum Gasteiger partial charge on any atom is -0.383 e. The molecule has 3 unspecified atom stereocenters. The zero-order valence-electron chi connectivity index (χ0n) is 10.9. The molecular formula is C12H27NO2. The van der Waals surface area contributed by atoms with Gasteiger partial charge in [-0.05, 0) is 20.3 Å². The van der Waals surface area contributed by atoms with Crippen molar-refractivity contribution in [2.45, 2.75) is 58.2 Å². The predicted octanol–water partition coefficient (Wildman–Crippen LogP) is 2.20. The van der Waals surface area contributed by atoms with E-state index in [0.29, 0.717) is 12.1 Å². The van der Waals surface area contributed by atoms with E-state index in [0.717, 1.165) is 6.61 Å². The summed E-state index contributed by atoms with van der Waals surface area (Å²) < 4.78 is 10.5. The van der Waals surface area contributed by atoms with Gasteiger partial charge >= 0.3 is 0 Å². The van der Waals surface area contributed by atoms with Gasteiger partial charge in [-0.25, -0.2) is 0 Å². The smallest absolute Gasteiger partial charge is 0.0693 e. The number of unbranched alkanes of at least 4 members (excludes halogenated alkanes) is 1. The van der Waals surface area contributed by atoms with Crippen molar-refractivity contribution in [1.29, 1.82) is 0 Å². The van der Waals surface area contributed by atoms with E-state index < -0.39 is 0 Å². The van der Waals surface area contributed by atoms with Gasteiger partial charge in [0.05, 0.1) is 12.7 Å². The predicted molar refractivity (Wildman–Crippen MR) is 64.3 cm³/mol. The van der Waals surface area contributed by atoms with Crippen LogP contribution in [0, 0.1) is 0 Å². The lowest BCUT2D eigenvalue weighted by Crippen LogP contribution is -2.45. The van der Waals surface area contributed by atoms with Crippen LogP contribution in [0.5, 0.6) is 0 Å². The second kappa shape index (κ2) is 9.13. The molecule has 0 heterocycles. The first-order chi connectivity index (χ1) is 7.15. The molecule has 0 radical (unpaired) electrons. The molecule has 3 nitrogen and oxygen atoms in total. The van der Waals surface area contributed by atoms with Crippen LogP contribution in [0.3, 0.4) is 0 Å². The molecule has 0 aliphatic rings. The van der Waals surface area contributed by atoms with Gasteiger partial charge in [-0.15, -0.1) is 0 Å². The molecule has 3 heteroatoms. The van der Waals surface area contributed by atoms with E-state index in [1.165, 1.54) is 19.3 Å². The molecule has 15 heavy (non-hydrogen) atoms. The molecule has 0 aromatic carbocycles. The van der Waals surface area contributed by atoms with E-state index in [1.54, 1.807) is 14.2 Å². The number of hydrogen-bond donors (Lipinski definition) is 1. The van der Waals surface area contributed by atoms with Crippen LogP contribution in [-0.4, -0.2) is 39.0 Å². The maximum absolute atomic E-state index is 5.29. The highest BCUT2D eigenvalue weighted by Crippen LogP contribution is 2.05. The van der Waals surface area contributed by atoms with Crippen LogP contribution >= 0.6 is 0 Å². The maximum Gasteiger partial charge on any atom is 0.0693 e. The minimum absolute atomic E-state index is 0.242. The molecule has 0 aromatic heterocycles. The summed E-state index contributed by atoms with van der Waals surface area (Å²) in [4.78, 5) is 0. The molecule has 1 N–H and O–H groups in total. The van der Waals surface area contributed by atoms with Crippen LogP contribution in [0.15, 0.2) is 0 Å². The molecule has 0 saturated carbocycles. The molecular weight excluding hydrogens is 190 g/mol. The molecule has 3 atom stereocenters. The number of ether oxygens (including phenoxy) is 2. The molecule has 0 aromatic rings. The number of methoxy groups -OCH3 is 2. The fraction of sp³-hybridized carbons (Fsp3) is 1.00. The standard InChI is InChI=1S/C12H27NO2/c1-6-7-8-12(9-14-4)13-10(2)11(3)15-5/h10-13H,6-9H2,1-5H3. The molecule has 0 aliphatic heterocycles. The van der Waals surface area contributed by atoms with Crippen LogP contribution in [0.4, 0.5) is 0 Å². The molecule has 0 aliphatic carbocycles. The number of nitrogens with one attached hydrogen (secondary N) is 1. The first-order valence-corrected chi connectivity index (χ1v) is 5.93. The molecule has 0 rings (SSSR count). The van der Waals surface area contributed by atoms with Crippen molar-refractivity contribution >= 4 is 0 Å². The Labute approximate surface area is 94.5 Å². The molecule has 0 spiro atoms. The zero-order valence-corrected chi connectivity index (χ0v) is 10.9. The van der Waals surface area contributed by atoms with E-state index in [9.17, 15) is 0 Å². The van der Waals surface area contributed by atoms with Crippen molar-refractivity contribution < 1.29 is 9.47 Å². The largest absolute Gasteiger partial charge is 0.383 e. The summed E-state index contributed by atoms with van der Waals surface area (Å²) in [5, 5.41) is 3.55. The van der Waals surface area contributed by atoms with Crippen molar-refractivity contribution in [2.75, 3.05) is 20.8 Å². The Morgan fingerprint density at radius 2 is 1.87 bits per heavy atom. The summed E-state index contributed by atoms with van der Waals surface area (Å²) >= 11 is 0. The highest BCUT2D eigenvalue weighted by molar-refractivity contribution is 4.75. The Hall–Kier alpha value is -0.120. The molecule has 92 valence electrons. The topological polar surface area (TPSA) is 30.5 Å². The van der Waals surface area contributed by atoms with Crippen LogP contribution in [0.2, 0.25) is 0 Å². The van der Waals surface area contributed by atoms with Gasteiger partial charge in [-0.2, -0.15) is 0 Å². The van der Waals surface area contributed by atoms with Crippen molar-refractivity contribution in [1.82, 2.24) is 5.32 Å². The highest BCUT2D eigenvalue weighted by atomic mass is 16.5. The van der Waals surface area contributed by atoms with Gasteiger partial charge in [0.1, 0.15) is 0 Å². The molecule has 0 bridgehead atoms. The number of hydrogen-bond acceptors (Lipinski definition) is 3. The molecule has 0 fully saturated rings. The highest BCUT2D eigenvalue weighted by Gasteiger charge is 2.16. The maximum atomic E-state index is 5.29. The van der Waals surface area contributed by atoms with E-state index in [2.05, 4.69) is 26.1 Å². The van der Waals surface area contributed by atoms with E-state index in [-0.39, 0.29) is 6.10 Å². The normalized spacial score (nSPS) is 17.4. The summed E-state index contributed by atoms with van der Waals surface area (Å²) in [6.07, 6.45) is 3.89. The number of rotatable bonds is 9. The van der Waals surface area contributed by atoms with E-state index >= 15 is 0 Å². The average Bonchev–Trinajstić information content (AvgIpc) is 2.24. The van der Waals surface area contributed by atoms with Crippen LogP contribution in [0.1, 0.15) is 40.0 Å². The van der Waals surface area contributed by atoms with Crippen molar-refractivity contribution in [3.8, 4) is 0 Å². The lowest BCUT2D eigenvalue weighted by Gasteiger charge is -2.26. The fourth-order valence-electron chi connectivity index (χ4n) is 1.58. The van der Waals surface area contributed by atoms with Gasteiger partial charge in [0.2, 0.25) is 0 Å². The minimum atomic E-state index is 0.242. The average molecular weight is 217 g/mol. The van der Waals surface area contributed by atoms with Crippen molar-refractivity contribution in [3.63, 3.8) is 0 Å². The van der Waals surface area contributed by atoms with Crippen molar-refractivity contribution in [2.24, 2.45) is 0 Å². The van der Waals surface area contributed by atoms with Gasteiger partial charge in [-0.3, -0.25) is 0 Å². The Morgan fingerprint density at radius 1 is 1.20 bits per heavy atom. The fourth-order valence-corrected chi connectivity index (χ4v) is 1.58. The second-order valence-electron chi connectivity index (χ2n) is 4.19. The zero-order chi connectivity index (χ0) is 11.7. The van der Waals surface area contributed by atoms with Gasteiger partial charge in [0, 0.05) is 26.3 Å². The summed E-state index contributed by atoms with van der Waals surface area (Å²) in [6, 6.07) is 0.814. The lowest BCUT2D eigenvalue weighted by molar-refractivity contribution is 0.0742. The Bertz CT molecular complexity index is 142. The lowest BCUT2D eigenvalue weighted by atomic mass is 10.1. The molecule has 0 amide bonds. The quantitative estimate of drug-likeness (QED) is 0.642. The van der Waals surface area contributed by atoms with Crippen LogP contribution in [-0.2, 0) is 9.47 Å². The van der Waals surface area contributed by atoms with Crippen LogP contribution < -0.4 is 5.32 Å². The van der Waals surface area contributed by atoms with E-state index in [4.69, 9.17) is 9.47 Å². The SMILES string of the molecule is CCCCC(COC)NC(C)C(C)OC. The summed E-state index contributed by atoms with van der Waals surface area (Å²) in [5.74, 6) is 0. The summed E-state index contributed by atoms with van der Waals surface area (Å²) in [7, 11) is 3.51. The second-order valence-corrected chi connectivity index (χ2v) is 4.19. The van der Waals surface area contributed by atoms with Crippen LogP contribution in [0.25, 0.3) is 0 Å². The Balaban J connectivity index is 3.91. The third kappa shape index (κ3) is 6.88. The summed E-state index contributed by atoms with van der Waals surface area (Å²) in [5.41, 5.74) is 0.